The van der Waals surface area contributed by atoms with E-state index in [1.807, 2.05) is 45.0 Å². The third-order valence-corrected chi connectivity index (χ3v) is 10.1. The Morgan fingerprint density at radius 2 is 1.17 bits per heavy atom. The van der Waals surface area contributed by atoms with Crippen molar-refractivity contribution in [1.82, 2.24) is 8.61 Å². The molecule has 2 atom stereocenters. The first-order chi connectivity index (χ1) is 16.4. The molecule has 35 heavy (non-hydrogen) atoms. The summed E-state index contributed by atoms with van der Waals surface area (Å²) in [6.45, 7) is 5.57. The summed E-state index contributed by atoms with van der Waals surface area (Å²) in [5, 5.41) is 0. The van der Waals surface area contributed by atoms with Crippen LogP contribution < -0.4 is 4.90 Å². The summed E-state index contributed by atoms with van der Waals surface area (Å²) in [6, 6.07) is 20.0. The van der Waals surface area contributed by atoms with Gasteiger partial charge >= 0.3 is 0 Å². The minimum Gasteiger partial charge on any atom is -0.378 e. The Labute approximate surface area is 208 Å². The Morgan fingerprint density at radius 3 is 1.63 bits per heavy atom. The van der Waals surface area contributed by atoms with Crippen molar-refractivity contribution in [3.8, 4) is 0 Å². The first-order valence-electron chi connectivity index (χ1n) is 11.4. The Bertz CT molecular complexity index is 1400. The number of aryl methyl sites for hydroxylation is 2. The summed E-state index contributed by atoms with van der Waals surface area (Å²) in [7, 11) is -4.15. The van der Waals surface area contributed by atoms with Crippen LogP contribution in [-0.2, 0) is 20.0 Å². The normalized spacial score (nSPS) is 19.7. The summed E-state index contributed by atoms with van der Waals surface area (Å²) >= 11 is 0. The van der Waals surface area contributed by atoms with Crippen molar-refractivity contribution in [2.45, 2.75) is 42.8 Å². The van der Waals surface area contributed by atoms with Gasteiger partial charge < -0.3 is 4.90 Å². The van der Waals surface area contributed by atoms with E-state index in [1.54, 1.807) is 67.6 Å². The van der Waals surface area contributed by atoms with E-state index in [0.717, 1.165) is 16.8 Å². The molecule has 9 heteroatoms. The molecule has 186 valence electrons. The Morgan fingerprint density at radius 1 is 0.714 bits per heavy atom. The molecule has 1 saturated heterocycles. The van der Waals surface area contributed by atoms with Crippen molar-refractivity contribution in [2.75, 3.05) is 25.5 Å². The Kier molecular flexibility index (Phi) is 6.80. The second kappa shape index (κ2) is 9.39. The van der Waals surface area contributed by atoms with Crippen molar-refractivity contribution in [3.63, 3.8) is 0 Å². The van der Waals surface area contributed by atoms with Gasteiger partial charge in [0.1, 0.15) is 6.17 Å². The number of anilines is 1. The van der Waals surface area contributed by atoms with E-state index < -0.39 is 32.3 Å². The zero-order valence-electron chi connectivity index (χ0n) is 20.6. The Balaban J connectivity index is 1.87. The van der Waals surface area contributed by atoms with E-state index >= 15 is 0 Å². The molecule has 0 aromatic heterocycles. The van der Waals surface area contributed by atoms with Crippen LogP contribution in [0.5, 0.6) is 0 Å². The predicted molar refractivity (Wildman–Crippen MR) is 138 cm³/mol. The molecule has 2 unspecified atom stereocenters. The molecule has 0 amide bonds. The molecule has 0 saturated carbocycles. The van der Waals surface area contributed by atoms with E-state index in [0.29, 0.717) is 5.56 Å². The predicted octanol–water partition coefficient (Wildman–Crippen LogP) is 4.15. The van der Waals surface area contributed by atoms with Gasteiger partial charge in [0.05, 0.1) is 9.79 Å². The highest BCUT2D eigenvalue weighted by molar-refractivity contribution is 7.90. The van der Waals surface area contributed by atoms with Crippen LogP contribution in [0.1, 0.15) is 29.8 Å². The fraction of sp³-hybridized carbons (Fsp3) is 0.308. The van der Waals surface area contributed by atoms with Crippen LogP contribution in [0.2, 0.25) is 0 Å². The average Bonchev–Trinajstić information content (AvgIpc) is 3.18. The van der Waals surface area contributed by atoms with Gasteiger partial charge in [-0.05, 0) is 62.7 Å². The average molecular weight is 514 g/mol. The molecule has 0 bridgehead atoms. The van der Waals surface area contributed by atoms with Crippen molar-refractivity contribution in [1.29, 1.82) is 0 Å². The fourth-order valence-corrected chi connectivity index (χ4v) is 7.81. The highest BCUT2D eigenvalue weighted by atomic mass is 32.2. The van der Waals surface area contributed by atoms with E-state index in [-0.39, 0.29) is 16.3 Å². The molecule has 1 aliphatic heterocycles. The highest BCUT2D eigenvalue weighted by Gasteiger charge is 2.50. The van der Waals surface area contributed by atoms with Crippen LogP contribution in [0.4, 0.5) is 5.69 Å². The van der Waals surface area contributed by atoms with Gasteiger partial charge in [-0.15, -0.1) is 0 Å². The van der Waals surface area contributed by atoms with E-state index in [4.69, 9.17) is 0 Å². The molecule has 7 nitrogen and oxygen atoms in total. The topological polar surface area (TPSA) is 78.0 Å². The zero-order chi connectivity index (χ0) is 25.5. The third kappa shape index (κ3) is 4.73. The molecule has 1 aliphatic rings. The number of benzene rings is 3. The first-order valence-corrected chi connectivity index (χ1v) is 14.3. The Hall–Kier alpha value is -2.72. The lowest BCUT2D eigenvalue weighted by atomic mass is 10.1. The minimum atomic E-state index is -3.99. The number of nitrogens with zero attached hydrogens (tertiary/aromatic N) is 3. The second-order valence-corrected chi connectivity index (χ2v) is 13.0. The van der Waals surface area contributed by atoms with Crippen LogP contribution in [0, 0.1) is 13.8 Å². The maximum atomic E-state index is 13.9. The standard InChI is InChI=1S/C26H31N3O4S2/c1-19-6-14-24(15-7-19)34(30,31)28-18-21(3)29(35(32,33)25-16-8-20(2)9-17-25)26(28)22-10-12-23(13-11-22)27(4)5/h6-17,21,26H,18H2,1-5H3. The van der Waals surface area contributed by atoms with E-state index in [2.05, 4.69) is 0 Å². The maximum Gasteiger partial charge on any atom is 0.245 e. The lowest BCUT2D eigenvalue weighted by molar-refractivity contribution is 0.276. The van der Waals surface area contributed by atoms with Gasteiger partial charge in [0.25, 0.3) is 0 Å². The van der Waals surface area contributed by atoms with E-state index in [9.17, 15) is 16.8 Å². The molecule has 0 N–H and O–H groups in total. The minimum absolute atomic E-state index is 0.0431. The van der Waals surface area contributed by atoms with Crippen molar-refractivity contribution >= 4 is 25.7 Å². The third-order valence-electron chi connectivity index (χ3n) is 6.32. The van der Waals surface area contributed by atoms with Gasteiger partial charge in [-0.3, -0.25) is 0 Å². The maximum absolute atomic E-state index is 13.9. The summed E-state index contributed by atoms with van der Waals surface area (Å²) < 4.78 is 58.0. The molecule has 3 aromatic rings. The lowest BCUT2D eigenvalue weighted by Crippen LogP contribution is -2.39. The summed E-state index contributed by atoms with van der Waals surface area (Å²) in [4.78, 5) is 2.21. The summed E-state index contributed by atoms with van der Waals surface area (Å²) in [5.74, 6) is 0. The molecule has 0 spiro atoms. The highest BCUT2D eigenvalue weighted by Crippen LogP contribution is 2.41. The van der Waals surface area contributed by atoms with Crippen LogP contribution in [0.15, 0.2) is 82.6 Å². The van der Waals surface area contributed by atoms with Crippen LogP contribution in [-0.4, -0.2) is 52.1 Å². The monoisotopic (exact) mass is 513 g/mol. The largest absolute Gasteiger partial charge is 0.378 e. The van der Waals surface area contributed by atoms with Gasteiger partial charge in [-0.2, -0.15) is 8.61 Å². The van der Waals surface area contributed by atoms with Crippen molar-refractivity contribution < 1.29 is 16.8 Å². The SMILES string of the molecule is Cc1ccc(S(=O)(=O)N2CC(C)N(S(=O)(=O)c3ccc(C)cc3)C2c2ccc(N(C)C)cc2)cc1. The second-order valence-electron chi connectivity index (χ2n) is 9.24. The smallest absolute Gasteiger partial charge is 0.245 e. The first kappa shape index (κ1) is 25.4. The summed E-state index contributed by atoms with van der Waals surface area (Å²) in [6.07, 6.45) is -1.01. The molecule has 3 aromatic carbocycles. The van der Waals surface area contributed by atoms with Crippen LogP contribution in [0.3, 0.4) is 0 Å². The number of hydrogen-bond donors (Lipinski definition) is 0. The molecule has 4 rings (SSSR count). The van der Waals surface area contributed by atoms with Crippen LogP contribution >= 0.6 is 0 Å². The quantitative estimate of drug-likeness (QED) is 0.495. The molecular formula is C26H31N3O4S2. The number of hydrogen-bond acceptors (Lipinski definition) is 5. The molecule has 1 heterocycles. The van der Waals surface area contributed by atoms with Gasteiger partial charge in [-0.1, -0.05) is 47.5 Å². The van der Waals surface area contributed by atoms with Gasteiger partial charge in [0.2, 0.25) is 20.0 Å². The zero-order valence-corrected chi connectivity index (χ0v) is 22.2. The van der Waals surface area contributed by atoms with Crippen molar-refractivity contribution in [2.24, 2.45) is 0 Å². The number of rotatable bonds is 6. The summed E-state index contributed by atoms with van der Waals surface area (Å²) in [5.41, 5.74) is 3.41. The fourth-order valence-electron chi connectivity index (χ4n) is 4.34. The van der Waals surface area contributed by atoms with Gasteiger partial charge in [0, 0.05) is 32.4 Å². The molecule has 0 aliphatic carbocycles. The number of sulfonamides is 2. The lowest BCUT2D eigenvalue weighted by Gasteiger charge is -2.31. The van der Waals surface area contributed by atoms with Crippen molar-refractivity contribution in [3.05, 3.63) is 89.5 Å². The molecule has 0 radical (unpaired) electrons. The van der Waals surface area contributed by atoms with Gasteiger partial charge in [0.15, 0.2) is 0 Å². The van der Waals surface area contributed by atoms with Gasteiger partial charge in [-0.25, -0.2) is 16.8 Å². The molecular weight excluding hydrogens is 482 g/mol. The molecule has 1 fully saturated rings. The van der Waals surface area contributed by atoms with E-state index in [1.165, 1.54) is 8.61 Å². The van der Waals surface area contributed by atoms with Crippen LogP contribution in [0.25, 0.3) is 0 Å².